The van der Waals surface area contributed by atoms with Crippen LogP contribution in [0.2, 0.25) is 0 Å². The second kappa shape index (κ2) is 6.04. The van der Waals surface area contributed by atoms with Gasteiger partial charge in [-0.15, -0.1) is 11.8 Å². The maximum absolute atomic E-state index is 5.66. The number of benzene rings is 1. The van der Waals surface area contributed by atoms with Gasteiger partial charge in [0.2, 0.25) is 0 Å². The van der Waals surface area contributed by atoms with Crippen molar-refractivity contribution in [2.75, 3.05) is 20.1 Å². The largest absolute Gasteiger partial charge is 0.393 e. The molecule has 0 aromatic heterocycles. The van der Waals surface area contributed by atoms with E-state index in [0.717, 1.165) is 13.1 Å². The van der Waals surface area contributed by atoms with Crippen LogP contribution in [0.3, 0.4) is 0 Å². The van der Waals surface area contributed by atoms with E-state index in [1.165, 1.54) is 16.9 Å². The van der Waals surface area contributed by atoms with Crippen molar-refractivity contribution >= 4 is 29.0 Å². The lowest BCUT2D eigenvalue weighted by Crippen LogP contribution is -2.35. The molecule has 2 unspecified atom stereocenters. The van der Waals surface area contributed by atoms with Crippen LogP contribution < -0.4 is 5.73 Å². The quantitative estimate of drug-likeness (QED) is 0.839. The maximum atomic E-state index is 5.66. The standard InChI is InChI=1S/C14H20N2S2/c1-10(14(15)17)8-16(2)9-12-7-11-5-3-4-6-13(11)18-12/h3-6,10,12H,7-9H2,1-2H3,(H2,15,17). The predicted molar refractivity (Wildman–Crippen MR) is 83.2 cm³/mol. The SMILES string of the molecule is CC(CN(C)CC1Cc2ccccc2S1)C(N)=S. The molecule has 0 radical (unpaired) electrons. The molecule has 0 saturated heterocycles. The van der Waals surface area contributed by atoms with Gasteiger partial charge >= 0.3 is 0 Å². The summed E-state index contributed by atoms with van der Waals surface area (Å²) in [5, 5.41) is 0.658. The van der Waals surface area contributed by atoms with E-state index in [0.29, 0.717) is 16.2 Å². The van der Waals surface area contributed by atoms with Crippen molar-refractivity contribution in [2.45, 2.75) is 23.5 Å². The van der Waals surface area contributed by atoms with E-state index < -0.39 is 0 Å². The fourth-order valence-corrected chi connectivity index (χ4v) is 3.82. The van der Waals surface area contributed by atoms with Gasteiger partial charge in [-0.1, -0.05) is 37.3 Å². The number of nitrogens with zero attached hydrogens (tertiary/aromatic N) is 1. The van der Waals surface area contributed by atoms with E-state index in [4.69, 9.17) is 18.0 Å². The Morgan fingerprint density at radius 1 is 1.56 bits per heavy atom. The molecule has 1 heterocycles. The number of thioether (sulfide) groups is 1. The average molecular weight is 280 g/mol. The van der Waals surface area contributed by atoms with Crippen molar-refractivity contribution in [3.63, 3.8) is 0 Å². The Morgan fingerprint density at radius 3 is 2.94 bits per heavy atom. The third-order valence-electron chi connectivity index (χ3n) is 3.30. The molecule has 0 bridgehead atoms. The lowest BCUT2D eigenvalue weighted by atomic mass is 10.1. The first-order valence-electron chi connectivity index (χ1n) is 6.28. The summed E-state index contributed by atoms with van der Waals surface area (Å²) >= 11 is 7.02. The highest BCUT2D eigenvalue weighted by Gasteiger charge is 2.23. The molecule has 0 spiro atoms. The van der Waals surface area contributed by atoms with Crippen LogP contribution in [-0.4, -0.2) is 35.3 Å². The van der Waals surface area contributed by atoms with E-state index in [9.17, 15) is 0 Å². The van der Waals surface area contributed by atoms with Gasteiger partial charge in [-0.3, -0.25) is 0 Å². The van der Waals surface area contributed by atoms with Crippen molar-refractivity contribution in [2.24, 2.45) is 11.7 Å². The fraction of sp³-hybridized carbons (Fsp3) is 0.500. The first-order chi connectivity index (χ1) is 8.56. The predicted octanol–water partition coefficient (Wildman–Crippen LogP) is 2.56. The number of hydrogen-bond donors (Lipinski definition) is 1. The number of nitrogens with two attached hydrogens (primary N) is 1. The lowest BCUT2D eigenvalue weighted by molar-refractivity contribution is 0.316. The normalized spacial score (nSPS) is 19.8. The smallest absolute Gasteiger partial charge is 0.0768 e. The highest BCUT2D eigenvalue weighted by Crippen LogP contribution is 2.36. The summed E-state index contributed by atoms with van der Waals surface area (Å²) in [5.41, 5.74) is 7.15. The third kappa shape index (κ3) is 3.46. The number of hydrogen-bond acceptors (Lipinski definition) is 3. The van der Waals surface area contributed by atoms with Crippen LogP contribution in [0, 0.1) is 5.92 Å². The molecular weight excluding hydrogens is 260 g/mol. The van der Waals surface area contributed by atoms with Crippen LogP contribution in [0.1, 0.15) is 12.5 Å². The topological polar surface area (TPSA) is 29.3 Å². The summed E-state index contributed by atoms with van der Waals surface area (Å²) in [7, 11) is 2.15. The van der Waals surface area contributed by atoms with Crippen LogP contribution in [0.5, 0.6) is 0 Å². The fourth-order valence-electron chi connectivity index (χ4n) is 2.34. The van der Waals surface area contributed by atoms with Crippen molar-refractivity contribution in [3.8, 4) is 0 Å². The minimum absolute atomic E-state index is 0.291. The minimum atomic E-state index is 0.291. The monoisotopic (exact) mass is 280 g/mol. The first kappa shape index (κ1) is 13.8. The zero-order chi connectivity index (χ0) is 13.1. The summed E-state index contributed by atoms with van der Waals surface area (Å²) in [5.74, 6) is 0.291. The van der Waals surface area contributed by atoms with Gasteiger partial charge in [0.25, 0.3) is 0 Å². The van der Waals surface area contributed by atoms with Gasteiger partial charge in [-0.25, -0.2) is 0 Å². The van der Waals surface area contributed by atoms with Crippen LogP contribution >= 0.6 is 24.0 Å². The van der Waals surface area contributed by atoms with Gasteiger partial charge in [0.1, 0.15) is 0 Å². The molecule has 98 valence electrons. The Morgan fingerprint density at radius 2 is 2.28 bits per heavy atom. The second-order valence-corrected chi connectivity index (χ2v) is 6.89. The second-order valence-electron chi connectivity index (χ2n) is 5.08. The van der Waals surface area contributed by atoms with Crippen molar-refractivity contribution in [1.29, 1.82) is 0 Å². The number of fused-ring (bicyclic) bond motifs is 1. The molecule has 1 aliphatic heterocycles. The molecule has 1 aromatic carbocycles. The molecule has 2 nitrogen and oxygen atoms in total. The molecule has 0 fully saturated rings. The summed E-state index contributed by atoms with van der Waals surface area (Å²) in [6, 6.07) is 8.70. The van der Waals surface area contributed by atoms with Gasteiger partial charge < -0.3 is 10.6 Å². The molecule has 0 amide bonds. The van der Waals surface area contributed by atoms with Crippen molar-refractivity contribution in [3.05, 3.63) is 29.8 Å². The lowest BCUT2D eigenvalue weighted by Gasteiger charge is -2.23. The summed E-state index contributed by atoms with van der Waals surface area (Å²) in [6.45, 7) is 4.13. The highest BCUT2D eigenvalue weighted by atomic mass is 32.2. The van der Waals surface area contributed by atoms with Crippen molar-refractivity contribution in [1.82, 2.24) is 4.90 Å². The Bertz CT molecular complexity index is 409. The Kier molecular flexibility index (Phi) is 4.65. The molecular formula is C14H20N2S2. The van der Waals surface area contributed by atoms with E-state index in [2.05, 4.69) is 43.1 Å². The number of thiocarbonyl (C=S) groups is 1. The first-order valence-corrected chi connectivity index (χ1v) is 7.57. The minimum Gasteiger partial charge on any atom is -0.393 e. The molecule has 0 saturated carbocycles. The van der Waals surface area contributed by atoms with Crippen molar-refractivity contribution < 1.29 is 0 Å². The zero-order valence-electron chi connectivity index (χ0n) is 10.9. The average Bonchev–Trinajstić information content (AvgIpc) is 2.70. The van der Waals surface area contributed by atoms with Gasteiger partial charge in [-0.05, 0) is 25.1 Å². The number of rotatable bonds is 5. The van der Waals surface area contributed by atoms with E-state index >= 15 is 0 Å². The molecule has 1 aliphatic rings. The zero-order valence-corrected chi connectivity index (χ0v) is 12.6. The Labute approximate surface area is 119 Å². The van der Waals surface area contributed by atoms with E-state index in [1.54, 1.807) is 0 Å². The van der Waals surface area contributed by atoms with Gasteiger partial charge in [-0.2, -0.15) is 0 Å². The summed E-state index contributed by atoms with van der Waals surface area (Å²) < 4.78 is 0. The molecule has 18 heavy (non-hydrogen) atoms. The highest BCUT2D eigenvalue weighted by molar-refractivity contribution is 8.00. The molecule has 2 N–H and O–H groups in total. The summed E-state index contributed by atoms with van der Waals surface area (Å²) in [6.07, 6.45) is 1.17. The van der Waals surface area contributed by atoms with Gasteiger partial charge in [0, 0.05) is 29.2 Å². The van der Waals surface area contributed by atoms with Crippen LogP contribution in [-0.2, 0) is 6.42 Å². The molecule has 4 heteroatoms. The van der Waals surface area contributed by atoms with E-state index in [-0.39, 0.29) is 0 Å². The Balaban J connectivity index is 1.84. The Hall–Kier alpha value is -0.580. The summed E-state index contributed by atoms with van der Waals surface area (Å²) in [4.78, 5) is 4.40. The van der Waals surface area contributed by atoms with Gasteiger partial charge in [0.15, 0.2) is 0 Å². The van der Waals surface area contributed by atoms with Crippen LogP contribution in [0.15, 0.2) is 29.2 Å². The van der Waals surface area contributed by atoms with Gasteiger partial charge in [0.05, 0.1) is 4.99 Å². The third-order valence-corrected chi connectivity index (χ3v) is 5.00. The van der Waals surface area contributed by atoms with Crippen LogP contribution in [0.4, 0.5) is 0 Å². The molecule has 1 aromatic rings. The molecule has 0 aliphatic carbocycles. The van der Waals surface area contributed by atoms with E-state index in [1.807, 2.05) is 11.8 Å². The maximum Gasteiger partial charge on any atom is 0.0768 e. The van der Waals surface area contributed by atoms with Crippen LogP contribution in [0.25, 0.3) is 0 Å². The molecule has 2 atom stereocenters. The molecule has 2 rings (SSSR count).